The Morgan fingerprint density at radius 2 is 1.58 bits per heavy atom. The summed E-state index contributed by atoms with van der Waals surface area (Å²) in [5, 5.41) is 3.47. The molecular formula is C21H23NO2. The molecule has 4 rings (SSSR count). The third-order valence-electron chi connectivity index (χ3n) is 5.47. The molecule has 2 fully saturated rings. The zero-order valence-electron chi connectivity index (χ0n) is 13.8. The van der Waals surface area contributed by atoms with Gasteiger partial charge in [-0.1, -0.05) is 60.7 Å². The van der Waals surface area contributed by atoms with Gasteiger partial charge in [0.1, 0.15) is 6.61 Å². The van der Waals surface area contributed by atoms with E-state index in [0.29, 0.717) is 6.61 Å². The van der Waals surface area contributed by atoms with Crippen molar-refractivity contribution in [3.8, 4) is 0 Å². The quantitative estimate of drug-likeness (QED) is 0.677. The van der Waals surface area contributed by atoms with Crippen molar-refractivity contribution in [1.29, 1.82) is 0 Å². The fraction of sp³-hybridized carbons (Fsp3) is 0.381. The van der Waals surface area contributed by atoms with Gasteiger partial charge in [0.15, 0.2) is 0 Å². The van der Waals surface area contributed by atoms with E-state index in [-0.39, 0.29) is 16.9 Å². The van der Waals surface area contributed by atoms with Gasteiger partial charge in [0.05, 0.1) is 5.41 Å². The molecule has 1 aliphatic carbocycles. The molecule has 1 N–H and O–H groups in total. The number of ether oxygens (including phenoxy) is 1. The van der Waals surface area contributed by atoms with Gasteiger partial charge in [-0.15, -0.1) is 0 Å². The fourth-order valence-corrected chi connectivity index (χ4v) is 3.99. The predicted molar refractivity (Wildman–Crippen MR) is 93.4 cm³/mol. The van der Waals surface area contributed by atoms with Gasteiger partial charge in [-0.3, -0.25) is 4.79 Å². The van der Waals surface area contributed by atoms with Crippen LogP contribution < -0.4 is 5.32 Å². The number of carbonyl (C=O) groups excluding carboxylic acids is 1. The number of benzene rings is 2. The summed E-state index contributed by atoms with van der Waals surface area (Å²) < 4.78 is 5.74. The minimum absolute atomic E-state index is 0.0409. The molecule has 1 heterocycles. The lowest BCUT2D eigenvalue weighted by Crippen LogP contribution is -2.34. The van der Waals surface area contributed by atoms with Gasteiger partial charge in [0, 0.05) is 12.1 Å². The van der Waals surface area contributed by atoms with Crippen molar-refractivity contribution in [1.82, 2.24) is 5.32 Å². The summed E-state index contributed by atoms with van der Waals surface area (Å²) in [5.74, 6) is -0.0409. The van der Waals surface area contributed by atoms with Crippen LogP contribution in [0.25, 0.3) is 0 Å². The highest BCUT2D eigenvalue weighted by Crippen LogP contribution is 2.51. The molecule has 1 spiro atoms. The summed E-state index contributed by atoms with van der Waals surface area (Å²) in [4.78, 5) is 13.0. The fourth-order valence-electron chi connectivity index (χ4n) is 3.99. The second-order valence-corrected chi connectivity index (χ2v) is 7.32. The van der Waals surface area contributed by atoms with Crippen LogP contribution in [0.4, 0.5) is 0 Å². The molecule has 3 nitrogen and oxygen atoms in total. The average Bonchev–Trinajstić information content (AvgIpc) is 3.28. The Morgan fingerprint density at radius 1 is 0.958 bits per heavy atom. The molecule has 1 aliphatic heterocycles. The molecule has 24 heavy (non-hydrogen) atoms. The number of carbonyl (C=O) groups is 1. The topological polar surface area (TPSA) is 48.2 Å². The summed E-state index contributed by atoms with van der Waals surface area (Å²) in [5.41, 5.74) is 2.06. The zero-order chi connectivity index (χ0) is 16.5. The van der Waals surface area contributed by atoms with Gasteiger partial charge >= 0.3 is 5.97 Å². The Labute approximate surface area is 143 Å². The first kappa shape index (κ1) is 15.4. The molecule has 2 atom stereocenters. The number of nitrogens with one attached hydrogen (secondary N) is 1. The second kappa shape index (κ2) is 6.06. The van der Waals surface area contributed by atoms with Crippen molar-refractivity contribution in [2.75, 3.05) is 6.54 Å². The first-order valence-electron chi connectivity index (χ1n) is 8.70. The molecule has 1 saturated carbocycles. The van der Waals surface area contributed by atoms with E-state index < -0.39 is 0 Å². The molecule has 2 aliphatic rings. The van der Waals surface area contributed by atoms with Gasteiger partial charge in [-0.25, -0.2) is 0 Å². The maximum absolute atomic E-state index is 13.0. The van der Waals surface area contributed by atoms with E-state index in [1.54, 1.807) is 0 Å². The van der Waals surface area contributed by atoms with Crippen molar-refractivity contribution in [3.63, 3.8) is 0 Å². The first-order valence-corrected chi connectivity index (χ1v) is 8.70. The van der Waals surface area contributed by atoms with Gasteiger partial charge in [0.25, 0.3) is 0 Å². The van der Waals surface area contributed by atoms with Crippen LogP contribution in [0, 0.1) is 5.41 Å². The summed E-state index contributed by atoms with van der Waals surface area (Å²) in [6, 6.07) is 20.2. The van der Waals surface area contributed by atoms with E-state index in [9.17, 15) is 4.79 Å². The molecule has 3 heteroatoms. The van der Waals surface area contributed by atoms with Crippen LogP contribution in [-0.2, 0) is 22.6 Å². The van der Waals surface area contributed by atoms with Crippen molar-refractivity contribution in [3.05, 3.63) is 71.8 Å². The first-order chi connectivity index (χ1) is 11.7. The van der Waals surface area contributed by atoms with Gasteiger partial charge in [0.2, 0.25) is 0 Å². The highest BCUT2D eigenvalue weighted by atomic mass is 16.5. The molecule has 2 aromatic carbocycles. The molecule has 0 radical (unpaired) electrons. The Balaban J connectivity index is 1.51. The minimum Gasteiger partial charge on any atom is -0.460 e. The second-order valence-electron chi connectivity index (χ2n) is 7.32. The van der Waals surface area contributed by atoms with Gasteiger partial charge in [-0.2, -0.15) is 0 Å². The number of hydrogen-bond donors (Lipinski definition) is 1. The molecule has 2 unspecified atom stereocenters. The van der Waals surface area contributed by atoms with Crippen LogP contribution in [0.1, 0.15) is 30.4 Å². The van der Waals surface area contributed by atoms with Gasteiger partial charge < -0.3 is 10.1 Å². The standard InChI is InChI=1S/C21H23NO2/c23-19(24-14-18-9-5-2-6-10-18)20(11-12-21(15-20)16-22-21)13-17-7-3-1-4-8-17/h1-10,22H,11-16H2. The molecule has 124 valence electrons. The van der Waals surface area contributed by atoms with Crippen molar-refractivity contribution in [2.24, 2.45) is 5.41 Å². The SMILES string of the molecule is O=C(OCc1ccccc1)C1(Cc2ccccc2)CCC2(CN2)C1. The lowest BCUT2D eigenvalue weighted by atomic mass is 9.79. The Hall–Kier alpha value is -2.13. The highest BCUT2D eigenvalue weighted by Gasteiger charge is 2.58. The molecule has 1 saturated heterocycles. The Kier molecular flexibility index (Phi) is 3.89. The Morgan fingerprint density at radius 3 is 2.17 bits per heavy atom. The van der Waals surface area contributed by atoms with Crippen LogP contribution in [-0.4, -0.2) is 18.1 Å². The lowest BCUT2D eigenvalue weighted by Gasteiger charge is -2.27. The van der Waals surface area contributed by atoms with E-state index in [1.807, 2.05) is 48.5 Å². The molecular weight excluding hydrogens is 298 g/mol. The maximum atomic E-state index is 13.0. The molecule has 0 bridgehead atoms. The lowest BCUT2D eigenvalue weighted by molar-refractivity contribution is -0.157. The van der Waals surface area contributed by atoms with Crippen molar-refractivity contribution in [2.45, 2.75) is 37.8 Å². The minimum atomic E-state index is -0.389. The van der Waals surface area contributed by atoms with E-state index in [4.69, 9.17) is 4.74 Å². The highest BCUT2D eigenvalue weighted by molar-refractivity contribution is 5.78. The monoisotopic (exact) mass is 321 g/mol. The molecule has 2 aromatic rings. The Bertz CT molecular complexity index is 709. The van der Waals surface area contributed by atoms with Crippen LogP contribution in [0.3, 0.4) is 0 Å². The third-order valence-corrected chi connectivity index (χ3v) is 5.47. The van der Waals surface area contributed by atoms with E-state index >= 15 is 0 Å². The third kappa shape index (κ3) is 3.09. The zero-order valence-corrected chi connectivity index (χ0v) is 13.8. The summed E-state index contributed by atoms with van der Waals surface area (Å²) in [7, 11) is 0. The number of hydrogen-bond acceptors (Lipinski definition) is 3. The maximum Gasteiger partial charge on any atom is 0.312 e. The van der Waals surface area contributed by atoms with E-state index in [2.05, 4.69) is 17.4 Å². The average molecular weight is 321 g/mol. The number of esters is 1. The van der Waals surface area contributed by atoms with Crippen LogP contribution in [0.5, 0.6) is 0 Å². The summed E-state index contributed by atoms with van der Waals surface area (Å²) >= 11 is 0. The molecule has 0 amide bonds. The van der Waals surface area contributed by atoms with Crippen LogP contribution in [0.15, 0.2) is 60.7 Å². The van der Waals surface area contributed by atoms with E-state index in [0.717, 1.165) is 37.8 Å². The van der Waals surface area contributed by atoms with Gasteiger partial charge in [-0.05, 0) is 36.8 Å². The number of rotatable bonds is 5. The van der Waals surface area contributed by atoms with Crippen molar-refractivity contribution < 1.29 is 9.53 Å². The molecule has 0 aromatic heterocycles. The van der Waals surface area contributed by atoms with Crippen molar-refractivity contribution >= 4 is 5.97 Å². The van der Waals surface area contributed by atoms with Crippen LogP contribution >= 0.6 is 0 Å². The summed E-state index contributed by atoms with van der Waals surface area (Å²) in [6.07, 6.45) is 3.64. The smallest absolute Gasteiger partial charge is 0.312 e. The van der Waals surface area contributed by atoms with Crippen LogP contribution in [0.2, 0.25) is 0 Å². The predicted octanol–water partition coefficient (Wildman–Crippen LogP) is 3.48. The largest absolute Gasteiger partial charge is 0.460 e. The summed E-state index contributed by atoms with van der Waals surface area (Å²) in [6.45, 7) is 1.39. The normalized spacial score (nSPS) is 28.0. The van der Waals surface area contributed by atoms with E-state index in [1.165, 1.54) is 5.56 Å².